The highest BCUT2D eigenvalue weighted by Crippen LogP contribution is 2.34. The number of likely N-dealkylation sites (tertiary alicyclic amines) is 1. The second-order valence-electron chi connectivity index (χ2n) is 7.69. The number of imidazole rings is 1. The largest absolute Gasteiger partial charge is 0.379 e. The van der Waals surface area contributed by atoms with Crippen molar-refractivity contribution in [3.8, 4) is 0 Å². The molecule has 25 heavy (non-hydrogen) atoms. The smallest absolute Gasteiger partial charge is 0.122 e. The lowest BCUT2D eigenvalue weighted by Crippen LogP contribution is -2.40. The van der Waals surface area contributed by atoms with E-state index in [1.54, 1.807) is 0 Å². The Balaban J connectivity index is 1.41. The van der Waals surface area contributed by atoms with E-state index in [1.165, 1.54) is 16.2 Å². The minimum absolute atomic E-state index is 0.272. The SMILES string of the molecule is Cc1ccc(CN2CCOCC3(CCN(Cc4nccn4C)C3)C2)s1. The van der Waals surface area contributed by atoms with Gasteiger partial charge in [0.25, 0.3) is 0 Å². The number of rotatable bonds is 4. The summed E-state index contributed by atoms with van der Waals surface area (Å²) >= 11 is 1.92. The van der Waals surface area contributed by atoms with Crippen LogP contribution < -0.4 is 0 Å². The van der Waals surface area contributed by atoms with Gasteiger partial charge in [0, 0.05) is 60.8 Å². The van der Waals surface area contributed by atoms with E-state index in [9.17, 15) is 0 Å². The van der Waals surface area contributed by atoms with E-state index < -0.39 is 0 Å². The van der Waals surface area contributed by atoms with Crippen LogP contribution in [-0.4, -0.2) is 58.7 Å². The average Bonchev–Trinajstić information content (AvgIpc) is 3.23. The highest BCUT2D eigenvalue weighted by atomic mass is 32.1. The van der Waals surface area contributed by atoms with E-state index in [0.717, 1.165) is 58.3 Å². The van der Waals surface area contributed by atoms with E-state index >= 15 is 0 Å². The number of aryl methyl sites for hydroxylation is 2. The molecule has 2 aliphatic rings. The van der Waals surface area contributed by atoms with Crippen LogP contribution >= 0.6 is 11.3 Å². The predicted molar refractivity (Wildman–Crippen MR) is 101 cm³/mol. The van der Waals surface area contributed by atoms with Crippen molar-refractivity contribution in [2.24, 2.45) is 12.5 Å². The Hall–Kier alpha value is -1.21. The van der Waals surface area contributed by atoms with Gasteiger partial charge in [-0.15, -0.1) is 11.3 Å². The fourth-order valence-electron chi connectivity index (χ4n) is 4.17. The van der Waals surface area contributed by atoms with E-state index in [0.29, 0.717) is 0 Å². The van der Waals surface area contributed by atoms with Gasteiger partial charge in [0.1, 0.15) is 5.82 Å². The zero-order valence-electron chi connectivity index (χ0n) is 15.3. The summed E-state index contributed by atoms with van der Waals surface area (Å²) in [6.45, 7) is 10.4. The highest BCUT2D eigenvalue weighted by Gasteiger charge is 2.41. The van der Waals surface area contributed by atoms with Crippen LogP contribution in [0.5, 0.6) is 0 Å². The number of thiophene rings is 1. The molecule has 2 aliphatic heterocycles. The summed E-state index contributed by atoms with van der Waals surface area (Å²) < 4.78 is 8.15. The summed E-state index contributed by atoms with van der Waals surface area (Å²) in [6.07, 6.45) is 5.14. The third-order valence-corrected chi connectivity index (χ3v) is 6.48. The summed E-state index contributed by atoms with van der Waals surface area (Å²) in [5, 5.41) is 0. The number of nitrogens with zero attached hydrogens (tertiary/aromatic N) is 4. The van der Waals surface area contributed by atoms with Crippen LogP contribution in [0.15, 0.2) is 24.5 Å². The molecule has 4 heterocycles. The fourth-order valence-corrected chi connectivity index (χ4v) is 5.10. The molecule has 1 spiro atoms. The Kier molecular flexibility index (Phi) is 4.95. The summed E-state index contributed by atoms with van der Waals surface area (Å²) in [6, 6.07) is 4.51. The zero-order chi connectivity index (χ0) is 17.3. The van der Waals surface area contributed by atoms with Crippen LogP contribution in [0.4, 0.5) is 0 Å². The molecule has 4 rings (SSSR count). The normalized spacial score (nSPS) is 25.7. The Bertz CT molecular complexity index is 712. The second kappa shape index (κ2) is 7.19. The quantitative estimate of drug-likeness (QED) is 0.839. The molecule has 0 aromatic carbocycles. The van der Waals surface area contributed by atoms with Gasteiger partial charge in [-0.05, 0) is 32.0 Å². The minimum Gasteiger partial charge on any atom is -0.379 e. The molecule has 6 heteroatoms. The van der Waals surface area contributed by atoms with Gasteiger partial charge >= 0.3 is 0 Å². The molecular formula is C19H28N4OS. The van der Waals surface area contributed by atoms with Crippen molar-refractivity contribution in [1.29, 1.82) is 0 Å². The van der Waals surface area contributed by atoms with Gasteiger partial charge in [-0.25, -0.2) is 4.98 Å². The van der Waals surface area contributed by atoms with Crippen LogP contribution in [0.25, 0.3) is 0 Å². The number of hydrogen-bond acceptors (Lipinski definition) is 5. The van der Waals surface area contributed by atoms with Gasteiger partial charge in [-0.1, -0.05) is 0 Å². The van der Waals surface area contributed by atoms with Crippen molar-refractivity contribution in [2.75, 3.05) is 39.4 Å². The molecule has 0 bridgehead atoms. The number of ether oxygens (including phenoxy) is 1. The zero-order valence-corrected chi connectivity index (χ0v) is 16.1. The number of hydrogen-bond donors (Lipinski definition) is 0. The van der Waals surface area contributed by atoms with Crippen LogP contribution in [0.1, 0.15) is 22.0 Å². The van der Waals surface area contributed by atoms with Crippen LogP contribution in [-0.2, 0) is 24.9 Å². The van der Waals surface area contributed by atoms with Gasteiger partial charge in [0.05, 0.1) is 19.8 Å². The monoisotopic (exact) mass is 360 g/mol. The average molecular weight is 361 g/mol. The summed E-state index contributed by atoms with van der Waals surface area (Å²) in [5.41, 5.74) is 0.272. The molecule has 0 aliphatic carbocycles. The third-order valence-electron chi connectivity index (χ3n) is 5.50. The van der Waals surface area contributed by atoms with Gasteiger partial charge in [-0.2, -0.15) is 0 Å². The molecular weight excluding hydrogens is 332 g/mol. The summed E-state index contributed by atoms with van der Waals surface area (Å²) in [7, 11) is 2.08. The Labute approximate surface area is 154 Å². The van der Waals surface area contributed by atoms with Crippen molar-refractivity contribution in [3.63, 3.8) is 0 Å². The number of aromatic nitrogens is 2. The molecule has 2 aromatic heterocycles. The maximum atomic E-state index is 6.03. The first-order valence-corrected chi connectivity index (χ1v) is 9.98. The molecule has 136 valence electrons. The maximum absolute atomic E-state index is 6.03. The Morgan fingerprint density at radius 3 is 2.76 bits per heavy atom. The first-order chi connectivity index (χ1) is 12.1. The highest BCUT2D eigenvalue weighted by molar-refractivity contribution is 7.11. The molecule has 1 atom stereocenters. The van der Waals surface area contributed by atoms with Crippen molar-refractivity contribution in [3.05, 3.63) is 40.1 Å². The minimum atomic E-state index is 0.272. The topological polar surface area (TPSA) is 33.5 Å². The van der Waals surface area contributed by atoms with E-state index in [1.807, 2.05) is 23.7 Å². The van der Waals surface area contributed by atoms with Crippen molar-refractivity contribution < 1.29 is 4.74 Å². The van der Waals surface area contributed by atoms with E-state index in [2.05, 4.69) is 45.5 Å². The van der Waals surface area contributed by atoms with E-state index in [-0.39, 0.29) is 5.41 Å². The van der Waals surface area contributed by atoms with Gasteiger partial charge < -0.3 is 9.30 Å². The third kappa shape index (κ3) is 3.97. The molecule has 0 N–H and O–H groups in total. The predicted octanol–water partition coefficient (Wildman–Crippen LogP) is 2.51. The lowest BCUT2D eigenvalue weighted by atomic mass is 9.87. The van der Waals surface area contributed by atoms with Crippen molar-refractivity contribution in [1.82, 2.24) is 19.4 Å². The molecule has 1 unspecified atom stereocenters. The standard InChI is InChI=1S/C19H28N4OS/c1-16-3-4-17(25-16)11-23-9-10-24-15-19(14-23)5-7-22(13-19)12-18-20-6-8-21(18)2/h3-4,6,8H,5,7,9-15H2,1-2H3. The molecule has 0 amide bonds. The second-order valence-corrected chi connectivity index (χ2v) is 9.06. The van der Waals surface area contributed by atoms with Crippen LogP contribution in [0, 0.1) is 12.3 Å². The van der Waals surface area contributed by atoms with Crippen molar-refractivity contribution >= 4 is 11.3 Å². The van der Waals surface area contributed by atoms with Crippen molar-refractivity contribution in [2.45, 2.75) is 26.4 Å². The molecule has 2 aromatic rings. The Morgan fingerprint density at radius 1 is 1.20 bits per heavy atom. The lowest BCUT2D eigenvalue weighted by molar-refractivity contribution is 0.0704. The first-order valence-electron chi connectivity index (χ1n) is 9.16. The maximum Gasteiger partial charge on any atom is 0.122 e. The van der Waals surface area contributed by atoms with Gasteiger partial charge in [0.15, 0.2) is 0 Å². The summed E-state index contributed by atoms with van der Waals surface area (Å²) in [4.78, 5) is 12.5. The molecule has 2 saturated heterocycles. The molecule has 0 saturated carbocycles. The lowest BCUT2D eigenvalue weighted by Gasteiger charge is -2.31. The summed E-state index contributed by atoms with van der Waals surface area (Å²) in [5.74, 6) is 1.15. The van der Waals surface area contributed by atoms with E-state index in [4.69, 9.17) is 4.74 Å². The Morgan fingerprint density at radius 2 is 2.04 bits per heavy atom. The molecule has 0 radical (unpaired) electrons. The first kappa shape index (κ1) is 17.2. The fraction of sp³-hybridized carbons (Fsp3) is 0.632. The van der Waals surface area contributed by atoms with Gasteiger partial charge in [-0.3, -0.25) is 9.80 Å². The van der Waals surface area contributed by atoms with Crippen LogP contribution in [0.3, 0.4) is 0 Å². The van der Waals surface area contributed by atoms with Crippen LogP contribution in [0.2, 0.25) is 0 Å². The molecule has 2 fully saturated rings. The van der Waals surface area contributed by atoms with Gasteiger partial charge in [0.2, 0.25) is 0 Å². The molecule has 5 nitrogen and oxygen atoms in total.